The lowest BCUT2D eigenvalue weighted by atomic mass is 10.2. The van der Waals surface area contributed by atoms with Gasteiger partial charge < -0.3 is 4.74 Å². The Labute approximate surface area is 113 Å². The molecule has 0 radical (unpaired) electrons. The van der Waals surface area contributed by atoms with E-state index in [0.29, 0.717) is 27.9 Å². The van der Waals surface area contributed by atoms with Crippen molar-refractivity contribution in [2.75, 3.05) is 0 Å². The number of benzene rings is 2. The summed E-state index contributed by atoms with van der Waals surface area (Å²) in [6.07, 6.45) is 0. The molecule has 0 saturated heterocycles. The van der Waals surface area contributed by atoms with Crippen LogP contribution in [0, 0.1) is 11.3 Å². The van der Waals surface area contributed by atoms with Crippen LogP contribution in [-0.2, 0) is 0 Å². The number of para-hydroxylation sites is 1. The lowest BCUT2D eigenvalue weighted by Crippen LogP contribution is -2.09. The zero-order valence-corrected chi connectivity index (χ0v) is 10.2. The van der Waals surface area contributed by atoms with Gasteiger partial charge in [0, 0.05) is 0 Å². The van der Waals surface area contributed by atoms with Gasteiger partial charge in [0.2, 0.25) is 0 Å². The molecule has 0 aliphatic rings. The van der Waals surface area contributed by atoms with Crippen LogP contribution in [0.15, 0.2) is 42.5 Å². The molecule has 1 N–H and O–H groups in total. The van der Waals surface area contributed by atoms with Gasteiger partial charge in [0.15, 0.2) is 0 Å². The van der Waals surface area contributed by atoms with Gasteiger partial charge in [-0.3, -0.25) is 0 Å². The molecule has 6 nitrogen and oxygen atoms in total. The van der Waals surface area contributed by atoms with Crippen LogP contribution >= 0.6 is 0 Å². The van der Waals surface area contributed by atoms with E-state index in [4.69, 9.17) is 10.00 Å². The smallest absolute Gasteiger partial charge is 0.345 e. The average molecular weight is 264 g/mol. The number of fused-ring (bicyclic) bond motifs is 1. The number of hydrogen-bond acceptors (Lipinski definition) is 5. The van der Waals surface area contributed by atoms with Crippen LogP contribution in [-0.4, -0.2) is 21.4 Å². The predicted octanol–water partition coefficient (Wildman–Crippen LogP) is 2.05. The number of esters is 1. The van der Waals surface area contributed by atoms with Gasteiger partial charge in [0.05, 0.1) is 17.2 Å². The van der Waals surface area contributed by atoms with Crippen molar-refractivity contribution in [3.05, 3.63) is 53.6 Å². The quantitative estimate of drug-likeness (QED) is 0.565. The highest BCUT2D eigenvalue weighted by Gasteiger charge is 2.14. The summed E-state index contributed by atoms with van der Waals surface area (Å²) in [6.45, 7) is 0. The second-order valence-corrected chi connectivity index (χ2v) is 4.02. The zero-order chi connectivity index (χ0) is 13.9. The molecule has 3 aromatic rings. The maximum atomic E-state index is 12.1. The number of nitrogens with one attached hydrogen (secondary N) is 1. The molecule has 0 bridgehead atoms. The minimum Gasteiger partial charge on any atom is -0.423 e. The number of rotatable bonds is 2. The van der Waals surface area contributed by atoms with Gasteiger partial charge in [-0.25, -0.2) is 4.79 Å². The van der Waals surface area contributed by atoms with Crippen molar-refractivity contribution < 1.29 is 9.53 Å². The van der Waals surface area contributed by atoms with E-state index in [0.717, 1.165) is 0 Å². The van der Waals surface area contributed by atoms with Crippen LogP contribution in [0.4, 0.5) is 0 Å². The first-order valence-corrected chi connectivity index (χ1v) is 5.80. The molecule has 0 amide bonds. The van der Waals surface area contributed by atoms with Crippen molar-refractivity contribution in [3.63, 3.8) is 0 Å². The highest BCUT2D eigenvalue weighted by atomic mass is 16.5. The van der Waals surface area contributed by atoms with Gasteiger partial charge in [-0.1, -0.05) is 6.07 Å². The summed E-state index contributed by atoms with van der Waals surface area (Å²) < 4.78 is 5.25. The molecule has 3 rings (SSSR count). The maximum absolute atomic E-state index is 12.1. The minimum atomic E-state index is -0.519. The molecule has 1 aromatic heterocycles. The molecular formula is C14H8N4O2. The third-order valence-electron chi connectivity index (χ3n) is 2.76. The number of carbonyl (C=O) groups is 1. The summed E-state index contributed by atoms with van der Waals surface area (Å²) in [5.74, 6) is -0.149. The fraction of sp³-hybridized carbons (Fsp3) is 0. The Balaban J connectivity index is 1.89. The monoisotopic (exact) mass is 264 g/mol. The molecule has 0 aliphatic heterocycles. The average Bonchev–Trinajstić information content (AvgIpc) is 2.96. The fourth-order valence-corrected chi connectivity index (χ4v) is 1.79. The second kappa shape index (κ2) is 4.82. The molecule has 0 saturated carbocycles. The van der Waals surface area contributed by atoms with Gasteiger partial charge in [-0.2, -0.15) is 20.7 Å². The van der Waals surface area contributed by atoms with Crippen LogP contribution in [0.25, 0.3) is 11.0 Å². The molecular weight excluding hydrogens is 256 g/mol. The molecule has 2 aromatic carbocycles. The van der Waals surface area contributed by atoms with Crippen LogP contribution in [0.3, 0.4) is 0 Å². The van der Waals surface area contributed by atoms with E-state index in [1.165, 1.54) is 0 Å². The first kappa shape index (κ1) is 11.9. The summed E-state index contributed by atoms with van der Waals surface area (Å²) in [5, 5.41) is 19.0. The summed E-state index contributed by atoms with van der Waals surface area (Å²) in [5.41, 5.74) is 1.90. The van der Waals surface area contributed by atoms with Crippen LogP contribution in [0.2, 0.25) is 0 Å². The number of aromatic nitrogens is 3. The predicted molar refractivity (Wildman–Crippen MR) is 70.0 cm³/mol. The SMILES string of the molecule is N#Cc1ccc(OC(=O)c2cccc3n[nH]nc23)cc1. The third-order valence-corrected chi connectivity index (χ3v) is 2.76. The molecule has 0 atom stereocenters. The highest BCUT2D eigenvalue weighted by Crippen LogP contribution is 2.18. The molecule has 0 unspecified atom stereocenters. The summed E-state index contributed by atoms with van der Waals surface area (Å²) in [6, 6.07) is 13.4. The van der Waals surface area contributed by atoms with Crippen molar-refractivity contribution in [2.45, 2.75) is 0 Å². The Morgan fingerprint density at radius 3 is 2.70 bits per heavy atom. The highest BCUT2D eigenvalue weighted by molar-refractivity contribution is 6.02. The molecule has 0 fully saturated rings. The van der Waals surface area contributed by atoms with Crippen LogP contribution < -0.4 is 4.74 Å². The van der Waals surface area contributed by atoms with Crippen LogP contribution in [0.5, 0.6) is 5.75 Å². The van der Waals surface area contributed by atoms with E-state index in [1.807, 2.05) is 6.07 Å². The Morgan fingerprint density at radius 1 is 1.15 bits per heavy atom. The van der Waals surface area contributed by atoms with E-state index < -0.39 is 5.97 Å². The molecule has 0 spiro atoms. The number of nitriles is 1. The molecule has 96 valence electrons. The number of H-pyrrole nitrogens is 1. The summed E-state index contributed by atoms with van der Waals surface area (Å²) in [7, 11) is 0. The Morgan fingerprint density at radius 2 is 1.95 bits per heavy atom. The first-order valence-electron chi connectivity index (χ1n) is 5.80. The molecule has 0 aliphatic carbocycles. The number of nitrogens with zero attached hydrogens (tertiary/aromatic N) is 3. The minimum absolute atomic E-state index is 0.334. The molecule has 6 heteroatoms. The third kappa shape index (κ3) is 2.08. The van der Waals surface area contributed by atoms with Gasteiger partial charge in [0.1, 0.15) is 16.8 Å². The zero-order valence-electron chi connectivity index (χ0n) is 10.2. The summed E-state index contributed by atoms with van der Waals surface area (Å²) >= 11 is 0. The summed E-state index contributed by atoms with van der Waals surface area (Å²) in [4.78, 5) is 12.1. The number of carbonyl (C=O) groups excluding carboxylic acids is 1. The lowest BCUT2D eigenvalue weighted by Gasteiger charge is -2.04. The van der Waals surface area contributed by atoms with Crippen molar-refractivity contribution >= 4 is 17.0 Å². The van der Waals surface area contributed by atoms with Gasteiger partial charge in [-0.05, 0) is 36.4 Å². The van der Waals surface area contributed by atoms with E-state index in [1.54, 1.807) is 42.5 Å². The Hall–Kier alpha value is -3.20. The van der Waals surface area contributed by atoms with Crippen LogP contribution in [0.1, 0.15) is 15.9 Å². The van der Waals surface area contributed by atoms with Crippen molar-refractivity contribution in [2.24, 2.45) is 0 Å². The molecule has 1 heterocycles. The second-order valence-electron chi connectivity index (χ2n) is 4.02. The maximum Gasteiger partial charge on any atom is 0.345 e. The topological polar surface area (TPSA) is 91.7 Å². The Kier molecular flexibility index (Phi) is 2.86. The molecule has 20 heavy (non-hydrogen) atoms. The number of ether oxygens (including phenoxy) is 1. The first-order chi connectivity index (χ1) is 9.78. The van der Waals surface area contributed by atoms with E-state index in [-0.39, 0.29) is 0 Å². The standard InChI is InChI=1S/C14H8N4O2/c15-8-9-4-6-10(7-5-9)20-14(19)11-2-1-3-12-13(11)17-18-16-12/h1-7H,(H,16,17,18). The van der Waals surface area contributed by atoms with Crippen molar-refractivity contribution in [1.29, 1.82) is 5.26 Å². The normalized spacial score (nSPS) is 10.2. The largest absolute Gasteiger partial charge is 0.423 e. The lowest BCUT2D eigenvalue weighted by molar-refractivity contribution is 0.0736. The van der Waals surface area contributed by atoms with E-state index >= 15 is 0 Å². The van der Waals surface area contributed by atoms with Crippen molar-refractivity contribution in [3.8, 4) is 11.8 Å². The Bertz CT molecular complexity index is 815. The number of hydrogen-bond donors (Lipinski definition) is 1. The van der Waals surface area contributed by atoms with Gasteiger partial charge >= 0.3 is 5.97 Å². The van der Waals surface area contributed by atoms with E-state index in [2.05, 4.69) is 15.4 Å². The number of aromatic amines is 1. The van der Waals surface area contributed by atoms with Gasteiger partial charge in [0.25, 0.3) is 0 Å². The fourth-order valence-electron chi connectivity index (χ4n) is 1.79. The van der Waals surface area contributed by atoms with E-state index in [9.17, 15) is 4.79 Å². The van der Waals surface area contributed by atoms with Crippen molar-refractivity contribution in [1.82, 2.24) is 15.4 Å². The van der Waals surface area contributed by atoms with Gasteiger partial charge in [-0.15, -0.1) is 0 Å².